The zero-order chi connectivity index (χ0) is 15.8. The van der Waals surface area contributed by atoms with E-state index in [1.165, 1.54) is 25.7 Å². The topological polar surface area (TPSA) is 54.4 Å². The van der Waals surface area contributed by atoms with Gasteiger partial charge < -0.3 is 5.11 Å². The average Bonchev–Trinajstić information content (AvgIpc) is 2.45. The zero-order valence-corrected chi connectivity index (χ0v) is 13.6. The molecule has 0 spiro atoms. The molecule has 0 aliphatic rings. The molecular weight excluding hydrogens is 264 g/mol. The second-order valence-corrected chi connectivity index (χ2v) is 5.73. The van der Waals surface area contributed by atoms with Crippen molar-refractivity contribution < 1.29 is 14.7 Å². The number of carbonyl (C=O) groups is 2. The van der Waals surface area contributed by atoms with Crippen molar-refractivity contribution in [3.05, 3.63) is 12.2 Å². The maximum Gasteiger partial charge on any atom is 0.303 e. The standard InChI is InChI=1S/C18H32O3/c1-2-3-4-8-11-14-17(19)15-12-9-6-5-7-10-13-16-18(20)21/h12,15H,2-11,13-14,16H2,1H3,(H,20,21)/b15-12+. The molecule has 0 fully saturated rings. The molecule has 0 atom stereocenters. The minimum Gasteiger partial charge on any atom is -0.481 e. The van der Waals surface area contributed by atoms with E-state index in [9.17, 15) is 9.59 Å². The van der Waals surface area contributed by atoms with Crippen LogP contribution in [0.4, 0.5) is 0 Å². The van der Waals surface area contributed by atoms with Gasteiger partial charge in [-0.05, 0) is 31.8 Å². The molecule has 0 bridgehead atoms. The van der Waals surface area contributed by atoms with Crippen molar-refractivity contribution in [2.75, 3.05) is 0 Å². The molecule has 0 rings (SSSR count). The summed E-state index contributed by atoms with van der Waals surface area (Å²) in [6.45, 7) is 2.19. The maximum absolute atomic E-state index is 11.6. The van der Waals surface area contributed by atoms with Crippen LogP contribution in [0.3, 0.4) is 0 Å². The van der Waals surface area contributed by atoms with Crippen molar-refractivity contribution in [2.45, 2.75) is 90.4 Å². The number of allylic oxidation sites excluding steroid dienone is 2. The van der Waals surface area contributed by atoms with E-state index < -0.39 is 5.97 Å². The largest absolute Gasteiger partial charge is 0.481 e. The monoisotopic (exact) mass is 296 g/mol. The summed E-state index contributed by atoms with van der Waals surface area (Å²) in [4.78, 5) is 21.9. The number of ketones is 1. The second kappa shape index (κ2) is 15.3. The molecule has 1 N–H and O–H groups in total. The van der Waals surface area contributed by atoms with Gasteiger partial charge in [-0.3, -0.25) is 9.59 Å². The number of carbonyl (C=O) groups excluding carboxylic acids is 1. The summed E-state index contributed by atoms with van der Waals surface area (Å²) in [5.41, 5.74) is 0. The molecule has 3 heteroatoms. The number of hydrogen-bond donors (Lipinski definition) is 1. The smallest absolute Gasteiger partial charge is 0.303 e. The third-order valence-electron chi connectivity index (χ3n) is 3.59. The van der Waals surface area contributed by atoms with E-state index in [-0.39, 0.29) is 12.2 Å². The van der Waals surface area contributed by atoms with Crippen molar-refractivity contribution >= 4 is 11.8 Å². The first-order valence-electron chi connectivity index (χ1n) is 8.58. The number of hydrogen-bond acceptors (Lipinski definition) is 2. The third kappa shape index (κ3) is 16.8. The Hall–Kier alpha value is -1.12. The van der Waals surface area contributed by atoms with E-state index in [0.29, 0.717) is 6.42 Å². The van der Waals surface area contributed by atoms with Gasteiger partial charge >= 0.3 is 5.97 Å². The number of aliphatic carboxylic acids is 1. The van der Waals surface area contributed by atoms with E-state index in [0.717, 1.165) is 44.9 Å². The maximum atomic E-state index is 11.6. The predicted octanol–water partition coefficient (Wildman–Crippen LogP) is 5.29. The van der Waals surface area contributed by atoms with E-state index >= 15 is 0 Å². The van der Waals surface area contributed by atoms with Gasteiger partial charge in [-0.2, -0.15) is 0 Å². The van der Waals surface area contributed by atoms with E-state index in [4.69, 9.17) is 5.11 Å². The molecular formula is C18H32O3. The summed E-state index contributed by atoms with van der Waals surface area (Å²) in [5, 5.41) is 8.50. The first-order chi connectivity index (χ1) is 10.2. The fraction of sp³-hybridized carbons (Fsp3) is 0.778. The number of unbranched alkanes of at least 4 members (excludes halogenated alkanes) is 9. The second-order valence-electron chi connectivity index (χ2n) is 5.73. The van der Waals surface area contributed by atoms with Crippen molar-refractivity contribution in [1.29, 1.82) is 0 Å². The number of carboxylic acids is 1. The van der Waals surface area contributed by atoms with Crippen molar-refractivity contribution in [3.63, 3.8) is 0 Å². The predicted molar refractivity (Wildman–Crippen MR) is 87.5 cm³/mol. The molecule has 3 nitrogen and oxygen atoms in total. The lowest BCUT2D eigenvalue weighted by atomic mass is 10.1. The average molecular weight is 296 g/mol. The van der Waals surface area contributed by atoms with Crippen LogP contribution >= 0.6 is 0 Å². The van der Waals surface area contributed by atoms with Gasteiger partial charge in [0.2, 0.25) is 0 Å². The molecule has 0 aromatic carbocycles. The van der Waals surface area contributed by atoms with Gasteiger partial charge in [-0.25, -0.2) is 0 Å². The van der Waals surface area contributed by atoms with Crippen molar-refractivity contribution in [1.82, 2.24) is 0 Å². The van der Waals surface area contributed by atoms with Crippen LogP contribution in [0, 0.1) is 0 Å². The molecule has 0 saturated carbocycles. The van der Waals surface area contributed by atoms with Crippen molar-refractivity contribution in [2.24, 2.45) is 0 Å². The van der Waals surface area contributed by atoms with Crippen LogP contribution in [0.1, 0.15) is 90.4 Å². The number of rotatable bonds is 15. The Morgan fingerprint density at radius 1 is 0.810 bits per heavy atom. The van der Waals surface area contributed by atoms with Gasteiger partial charge in [0, 0.05) is 12.8 Å². The lowest BCUT2D eigenvalue weighted by molar-refractivity contribution is -0.137. The summed E-state index contributed by atoms with van der Waals surface area (Å²) in [7, 11) is 0. The van der Waals surface area contributed by atoms with E-state index in [1.807, 2.05) is 6.08 Å². The highest BCUT2D eigenvalue weighted by Crippen LogP contribution is 2.08. The molecule has 21 heavy (non-hydrogen) atoms. The molecule has 0 heterocycles. The summed E-state index contributed by atoms with van der Waals surface area (Å²) >= 11 is 0. The van der Waals surface area contributed by atoms with Crippen LogP contribution in [-0.4, -0.2) is 16.9 Å². The number of carboxylic acid groups (broad SMARTS) is 1. The van der Waals surface area contributed by atoms with Crippen LogP contribution < -0.4 is 0 Å². The Morgan fingerprint density at radius 2 is 1.38 bits per heavy atom. The highest BCUT2D eigenvalue weighted by atomic mass is 16.4. The van der Waals surface area contributed by atoms with E-state index in [1.54, 1.807) is 6.08 Å². The zero-order valence-electron chi connectivity index (χ0n) is 13.6. The summed E-state index contributed by atoms with van der Waals surface area (Å²) in [5.74, 6) is -0.445. The fourth-order valence-electron chi connectivity index (χ4n) is 2.27. The van der Waals surface area contributed by atoms with Gasteiger partial charge in [0.1, 0.15) is 0 Å². The summed E-state index contributed by atoms with van der Waals surface area (Å²) < 4.78 is 0. The van der Waals surface area contributed by atoms with E-state index in [2.05, 4.69) is 6.92 Å². The molecule has 0 aliphatic carbocycles. The first kappa shape index (κ1) is 19.9. The molecule has 0 saturated heterocycles. The van der Waals surface area contributed by atoms with Gasteiger partial charge in [-0.15, -0.1) is 0 Å². The normalized spacial score (nSPS) is 11.1. The molecule has 0 radical (unpaired) electrons. The lowest BCUT2D eigenvalue weighted by Crippen LogP contribution is -1.93. The SMILES string of the molecule is CCCCCCCC(=O)/C=C/CCCCCCCC(=O)O. The first-order valence-corrected chi connectivity index (χ1v) is 8.58. The Labute approximate surface area is 129 Å². The Balaban J connectivity index is 3.30. The van der Waals surface area contributed by atoms with Crippen LogP contribution in [0.25, 0.3) is 0 Å². The molecule has 0 aromatic heterocycles. The van der Waals surface area contributed by atoms with Crippen molar-refractivity contribution in [3.8, 4) is 0 Å². The Morgan fingerprint density at radius 3 is 2.05 bits per heavy atom. The third-order valence-corrected chi connectivity index (χ3v) is 3.59. The highest BCUT2D eigenvalue weighted by Gasteiger charge is 1.97. The summed E-state index contributed by atoms with van der Waals surface area (Å²) in [6.07, 6.45) is 16.7. The van der Waals surface area contributed by atoms with Gasteiger partial charge in [0.15, 0.2) is 5.78 Å². The molecule has 0 aliphatic heterocycles. The van der Waals surface area contributed by atoms with Gasteiger partial charge in [0.05, 0.1) is 0 Å². The van der Waals surface area contributed by atoms with Crippen LogP contribution in [0.5, 0.6) is 0 Å². The molecule has 122 valence electrons. The van der Waals surface area contributed by atoms with Crippen LogP contribution in [0.15, 0.2) is 12.2 Å². The Bertz CT molecular complexity index is 295. The van der Waals surface area contributed by atoms with Gasteiger partial charge in [0.25, 0.3) is 0 Å². The lowest BCUT2D eigenvalue weighted by Gasteiger charge is -1.99. The molecule has 0 unspecified atom stereocenters. The minimum absolute atomic E-state index is 0.257. The molecule has 0 aromatic rings. The minimum atomic E-state index is -0.703. The highest BCUT2D eigenvalue weighted by molar-refractivity contribution is 5.89. The Kier molecular flexibility index (Phi) is 14.5. The quantitative estimate of drug-likeness (QED) is 0.330. The molecule has 0 amide bonds. The van der Waals surface area contributed by atoms with Crippen LogP contribution in [-0.2, 0) is 9.59 Å². The fourth-order valence-corrected chi connectivity index (χ4v) is 2.27. The van der Waals surface area contributed by atoms with Gasteiger partial charge in [-0.1, -0.05) is 57.9 Å². The van der Waals surface area contributed by atoms with Crippen LogP contribution in [0.2, 0.25) is 0 Å². The summed E-state index contributed by atoms with van der Waals surface area (Å²) in [6, 6.07) is 0.